The van der Waals surface area contributed by atoms with Crippen LogP contribution in [0.15, 0.2) is 48.5 Å². The van der Waals surface area contributed by atoms with Crippen LogP contribution in [0.3, 0.4) is 0 Å². The molecule has 0 radical (unpaired) electrons. The van der Waals surface area contributed by atoms with E-state index in [1.54, 1.807) is 12.1 Å². The van der Waals surface area contributed by atoms with Crippen LogP contribution in [0.1, 0.15) is 5.56 Å². The van der Waals surface area contributed by atoms with Crippen LogP contribution >= 0.6 is 0 Å². The smallest absolute Gasteiger partial charge is 0.411 e. The molecule has 0 bridgehead atoms. The first kappa shape index (κ1) is 13.3. The zero-order valence-corrected chi connectivity index (χ0v) is 11.4. The summed E-state index contributed by atoms with van der Waals surface area (Å²) < 4.78 is 15.7. The fraction of sp³-hybridized carbons (Fsp3) is 0.188. The number of rotatable bonds is 4. The van der Waals surface area contributed by atoms with Gasteiger partial charge in [-0.05, 0) is 29.8 Å². The second-order valence-corrected chi connectivity index (χ2v) is 4.56. The highest BCUT2D eigenvalue weighted by Gasteiger charge is 2.13. The lowest BCUT2D eigenvalue weighted by Gasteiger charge is -2.07. The van der Waals surface area contributed by atoms with Gasteiger partial charge in [0.25, 0.3) is 0 Å². The molecule has 0 aliphatic carbocycles. The van der Waals surface area contributed by atoms with Gasteiger partial charge in [0.1, 0.15) is 0 Å². The molecule has 0 aromatic heterocycles. The maximum absolute atomic E-state index is 11.6. The van der Waals surface area contributed by atoms with E-state index in [0.717, 1.165) is 17.1 Å². The molecule has 0 spiro atoms. The second-order valence-electron chi connectivity index (χ2n) is 4.56. The van der Waals surface area contributed by atoms with Crippen molar-refractivity contribution in [1.82, 2.24) is 0 Å². The number of hydrogen-bond donors (Lipinski definition) is 1. The molecule has 1 heterocycles. The largest absolute Gasteiger partial charge is 0.454 e. The fourth-order valence-corrected chi connectivity index (χ4v) is 2.03. The number of carbonyl (C=O) groups is 1. The summed E-state index contributed by atoms with van der Waals surface area (Å²) >= 11 is 0. The van der Waals surface area contributed by atoms with Crippen molar-refractivity contribution in [2.75, 3.05) is 18.7 Å². The quantitative estimate of drug-likeness (QED) is 0.937. The molecule has 1 N–H and O–H groups in total. The molecular weight excluding hydrogens is 270 g/mol. The molecular formula is C16H15NO4. The number of ether oxygens (including phenoxy) is 3. The maximum Gasteiger partial charge on any atom is 0.411 e. The van der Waals surface area contributed by atoms with Gasteiger partial charge in [0.05, 0.1) is 6.61 Å². The van der Waals surface area contributed by atoms with Gasteiger partial charge < -0.3 is 14.2 Å². The van der Waals surface area contributed by atoms with Crippen LogP contribution in [0, 0.1) is 0 Å². The zero-order chi connectivity index (χ0) is 14.5. The van der Waals surface area contributed by atoms with Gasteiger partial charge in [0.15, 0.2) is 11.5 Å². The van der Waals surface area contributed by atoms with E-state index in [2.05, 4.69) is 5.32 Å². The van der Waals surface area contributed by atoms with Crippen molar-refractivity contribution in [3.8, 4) is 11.5 Å². The zero-order valence-electron chi connectivity index (χ0n) is 11.4. The molecule has 1 aliphatic heterocycles. The Morgan fingerprint density at radius 1 is 1.10 bits per heavy atom. The molecule has 1 amide bonds. The van der Waals surface area contributed by atoms with Gasteiger partial charge in [-0.3, -0.25) is 5.32 Å². The highest BCUT2D eigenvalue weighted by Crippen LogP contribution is 2.32. The monoisotopic (exact) mass is 285 g/mol. The summed E-state index contributed by atoms with van der Waals surface area (Å²) in [5, 5.41) is 2.66. The van der Waals surface area contributed by atoms with E-state index < -0.39 is 6.09 Å². The molecule has 0 saturated heterocycles. The molecule has 21 heavy (non-hydrogen) atoms. The summed E-state index contributed by atoms with van der Waals surface area (Å²) in [6.07, 6.45) is 0.167. The Labute approximate surface area is 122 Å². The minimum Gasteiger partial charge on any atom is -0.454 e. The number of anilines is 1. The average molecular weight is 285 g/mol. The SMILES string of the molecule is O=C(Nc1ccccc1)OCCc1ccc2c(c1)OCO2. The molecule has 0 unspecified atom stereocenters. The Morgan fingerprint density at radius 3 is 2.76 bits per heavy atom. The fourth-order valence-electron chi connectivity index (χ4n) is 2.03. The highest BCUT2D eigenvalue weighted by atomic mass is 16.7. The van der Waals surface area contributed by atoms with Crippen LogP contribution in [-0.2, 0) is 11.2 Å². The van der Waals surface area contributed by atoms with Gasteiger partial charge in [-0.1, -0.05) is 24.3 Å². The number of amides is 1. The third-order valence-corrected chi connectivity index (χ3v) is 3.08. The van der Waals surface area contributed by atoms with Crippen molar-refractivity contribution < 1.29 is 19.0 Å². The summed E-state index contributed by atoms with van der Waals surface area (Å²) in [6.45, 7) is 0.563. The predicted molar refractivity (Wildman–Crippen MR) is 77.7 cm³/mol. The molecule has 0 fully saturated rings. The van der Waals surface area contributed by atoms with Gasteiger partial charge in [0.2, 0.25) is 6.79 Å². The normalized spacial score (nSPS) is 12.0. The van der Waals surface area contributed by atoms with E-state index >= 15 is 0 Å². The lowest BCUT2D eigenvalue weighted by atomic mass is 10.1. The van der Waals surface area contributed by atoms with Gasteiger partial charge in [-0.15, -0.1) is 0 Å². The Morgan fingerprint density at radius 2 is 1.90 bits per heavy atom. The lowest BCUT2D eigenvalue weighted by Crippen LogP contribution is -2.15. The third kappa shape index (κ3) is 3.45. The third-order valence-electron chi connectivity index (χ3n) is 3.08. The molecule has 5 heteroatoms. The van der Waals surface area contributed by atoms with Gasteiger partial charge in [0, 0.05) is 12.1 Å². The molecule has 2 aromatic rings. The Hall–Kier alpha value is -2.69. The number of fused-ring (bicyclic) bond motifs is 1. The van der Waals surface area contributed by atoms with Crippen LogP contribution in [-0.4, -0.2) is 19.5 Å². The van der Waals surface area contributed by atoms with E-state index in [1.807, 2.05) is 36.4 Å². The Kier molecular flexibility index (Phi) is 3.91. The van der Waals surface area contributed by atoms with Crippen LogP contribution in [0.4, 0.5) is 10.5 Å². The number of benzene rings is 2. The van der Waals surface area contributed by atoms with Crippen LogP contribution in [0.2, 0.25) is 0 Å². The molecule has 0 atom stereocenters. The molecule has 0 saturated carbocycles. The van der Waals surface area contributed by atoms with Crippen molar-refractivity contribution in [3.63, 3.8) is 0 Å². The standard InChI is InChI=1S/C16H15NO4/c18-16(17-13-4-2-1-3-5-13)19-9-8-12-6-7-14-15(10-12)21-11-20-14/h1-7,10H,8-9,11H2,(H,17,18). The number of para-hydroxylation sites is 1. The van der Waals surface area contributed by atoms with E-state index in [1.165, 1.54) is 0 Å². The van der Waals surface area contributed by atoms with Gasteiger partial charge in [-0.2, -0.15) is 0 Å². The molecule has 3 rings (SSSR count). The summed E-state index contributed by atoms with van der Waals surface area (Å²) in [5.41, 5.74) is 1.75. The summed E-state index contributed by atoms with van der Waals surface area (Å²) in [6, 6.07) is 14.9. The van der Waals surface area contributed by atoms with Crippen LogP contribution in [0.5, 0.6) is 11.5 Å². The van der Waals surface area contributed by atoms with Crippen molar-refractivity contribution in [3.05, 3.63) is 54.1 Å². The van der Waals surface area contributed by atoms with Crippen LogP contribution in [0.25, 0.3) is 0 Å². The molecule has 2 aromatic carbocycles. The predicted octanol–water partition coefficient (Wildman–Crippen LogP) is 3.21. The minimum absolute atomic E-state index is 0.259. The molecule has 108 valence electrons. The maximum atomic E-state index is 11.6. The van der Waals surface area contributed by atoms with E-state index in [4.69, 9.17) is 14.2 Å². The average Bonchev–Trinajstić information content (AvgIpc) is 2.96. The van der Waals surface area contributed by atoms with Crippen molar-refractivity contribution in [1.29, 1.82) is 0 Å². The molecule has 1 aliphatic rings. The van der Waals surface area contributed by atoms with Gasteiger partial charge in [-0.25, -0.2) is 4.79 Å². The summed E-state index contributed by atoms with van der Waals surface area (Å²) in [5.74, 6) is 1.49. The summed E-state index contributed by atoms with van der Waals surface area (Å²) in [4.78, 5) is 11.6. The number of hydrogen-bond acceptors (Lipinski definition) is 4. The van der Waals surface area contributed by atoms with Crippen LogP contribution < -0.4 is 14.8 Å². The summed E-state index contributed by atoms with van der Waals surface area (Å²) in [7, 11) is 0. The lowest BCUT2D eigenvalue weighted by molar-refractivity contribution is 0.163. The second kappa shape index (κ2) is 6.17. The highest BCUT2D eigenvalue weighted by molar-refractivity contribution is 5.84. The van der Waals surface area contributed by atoms with E-state index in [9.17, 15) is 4.79 Å². The first-order chi connectivity index (χ1) is 10.3. The Balaban J connectivity index is 1.46. The van der Waals surface area contributed by atoms with E-state index in [-0.39, 0.29) is 6.79 Å². The minimum atomic E-state index is -0.457. The topological polar surface area (TPSA) is 56.8 Å². The first-order valence-corrected chi connectivity index (χ1v) is 6.68. The van der Waals surface area contributed by atoms with E-state index in [0.29, 0.717) is 18.7 Å². The van der Waals surface area contributed by atoms with Crippen molar-refractivity contribution in [2.24, 2.45) is 0 Å². The Bertz CT molecular complexity index is 627. The van der Waals surface area contributed by atoms with Gasteiger partial charge >= 0.3 is 6.09 Å². The first-order valence-electron chi connectivity index (χ1n) is 6.68. The van der Waals surface area contributed by atoms with Crippen molar-refractivity contribution in [2.45, 2.75) is 6.42 Å². The number of nitrogens with one attached hydrogen (secondary N) is 1. The number of carbonyl (C=O) groups excluding carboxylic acids is 1. The molecule has 5 nitrogen and oxygen atoms in total. The van der Waals surface area contributed by atoms with Crippen molar-refractivity contribution >= 4 is 11.8 Å².